The Morgan fingerprint density at radius 1 is 1.12 bits per heavy atom. The van der Waals surface area contributed by atoms with Crippen molar-refractivity contribution in [1.29, 1.82) is 0 Å². The maximum atomic E-state index is 13.1. The second-order valence-electron chi connectivity index (χ2n) is 8.33. The van der Waals surface area contributed by atoms with Crippen molar-refractivity contribution in [2.45, 2.75) is 38.8 Å². The van der Waals surface area contributed by atoms with Crippen LogP contribution >= 0.6 is 0 Å². The summed E-state index contributed by atoms with van der Waals surface area (Å²) in [6.07, 6.45) is 2.01. The van der Waals surface area contributed by atoms with E-state index in [9.17, 15) is 4.79 Å². The second-order valence-corrected chi connectivity index (χ2v) is 8.33. The summed E-state index contributed by atoms with van der Waals surface area (Å²) in [4.78, 5) is 19.5. The van der Waals surface area contributed by atoms with Crippen LogP contribution in [0.15, 0.2) is 64.8 Å². The van der Waals surface area contributed by atoms with Crippen LogP contribution in [-0.2, 0) is 4.74 Å². The molecule has 2 amide bonds. The Bertz CT molecular complexity index is 1150. The third-order valence-electron chi connectivity index (χ3n) is 6.07. The summed E-state index contributed by atoms with van der Waals surface area (Å²) in [5.41, 5.74) is 4.59. The Kier molecular flexibility index (Phi) is 5.49. The summed E-state index contributed by atoms with van der Waals surface area (Å²) in [7, 11) is 0. The number of hydrogen-bond acceptors (Lipinski definition) is 5. The molecule has 3 heterocycles. The lowest BCUT2D eigenvalue weighted by atomic mass is 9.94. The van der Waals surface area contributed by atoms with Crippen LogP contribution in [0.2, 0.25) is 0 Å². The average Bonchev–Trinajstić information content (AvgIpc) is 3.49. The minimum atomic E-state index is -0.379. The molecule has 1 aromatic heterocycles. The summed E-state index contributed by atoms with van der Waals surface area (Å²) in [5, 5.41) is 7.38. The predicted octanol–water partition coefficient (Wildman–Crippen LogP) is 4.72. The highest BCUT2D eigenvalue weighted by atomic mass is 16.5. The minimum Gasteiger partial charge on any atom is -0.376 e. The molecule has 0 saturated carbocycles. The normalized spacial score (nSPS) is 21.2. The van der Waals surface area contributed by atoms with Gasteiger partial charge in [0.25, 0.3) is 5.89 Å². The van der Waals surface area contributed by atoms with Crippen molar-refractivity contribution in [2.24, 2.45) is 0 Å². The molecule has 1 saturated heterocycles. The van der Waals surface area contributed by atoms with Crippen molar-refractivity contribution < 1.29 is 14.1 Å². The van der Waals surface area contributed by atoms with Crippen LogP contribution in [0.4, 0.5) is 4.79 Å². The van der Waals surface area contributed by atoms with Crippen molar-refractivity contribution in [3.63, 3.8) is 0 Å². The highest BCUT2D eigenvalue weighted by molar-refractivity contribution is 5.86. The number of carbonyl (C=O) groups excluding carboxylic acids is 1. The maximum Gasteiger partial charge on any atom is 0.322 e. The topological polar surface area (TPSA) is 80.5 Å². The number of allylic oxidation sites excluding steroid dienone is 1. The first kappa shape index (κ1) is 20.5. The highest BCUT2D eigenvalue weighted by Gasteiger charge is 2.37. The van der Waals surface area contributed by atoms with Gasteiger partial charge in [-0.15, -0.1) is 0 Å². The molecule has 164 valence electrons. The number of nitrogens with zero attached hydrogens (tertiary/aromatic N) is 3. The van der Waals surface area contributed by atoms with Crippen LogP contribution in [0.3, 0.4) is 0 Å². The van der Waals surface area contributed by atoms with Crippen LogP contribution in [0.25, 0.3) is 17.0 Å². The van der Waals surface area contributed by atoms with Crippen molar-refractivity contribution >= 4 is 11.6 Å². The van der Waals surface area contributed by atoms with E-state index >= 15 is 0 Å². The number of carbonyl (C=O) groups is 1. The molecule has 2 atom stereocenters. The monoisotopic (exact) mass is 430 g/mol. The lowest BCUT2D eigenvalue weighted by molar-refractivity contribution is 0.0877. The molecular formula is C25H26N4O3. The fourth-order valence-corrected chi connectivity index (χ4v) is 4.40. The van der Waals surface area contributed by atoms with E-state index in [4.69, 9.17) is 14.2 Å². The third kappa shape index (κ3) is 3.91. The van der Waals surface area contributed by atoms with Gasteiger partial charge in [-0.3, -0.25) is 4.90 Å². The zero-order valence-corrected chi connectivity index (χ0v) is 18.2. The molecule has 0 aliphatic carbocycles. The number of urea groups is 1. The minimum absolute atomic E-state index is 0.0377. The predicted molar refractivity (Wildman–Crippen MR) is 120 cm³/mol. The standard InChI is InChI=1S/C25H26N4O3/c1-16-8-6-11-19(14-16)23-27-24(32-28-23)21-17(2)29(15-20-12-7-13-31-20)25(30)26-22(21)18-9-4-3-5-10-18/h3-6,8-11,14,20,22H,7,12-13,15H2,1-2H3,(H,26,30). The van der Waals surface area contributed by atoms with E-state index in [1.807, 2.05) is 68.4 Å². The largest absolute Gasteiger partial charge is 0.376 e. The van der Waals surface area contributed by atoms with Gasteiger partial charge in [0.15, 0.2) is 0 Å². The van der Waals surface area contributed by atoms with E-state index in [-0.39, 0.29) is 18.2 Å². The number of aryl methyl sites for hydroxylation is 1. The molecule has 2 unspecified atom stereocenters. The Balaban J connectivity index is 1.57. The van der Waals surface area contributed by atoms with Crippen LogP contribution < -0.4 is 5.32 Å². The maximum absolute atomic E-state index is 13.1. The molecule has 7 heteroatoms. The molecule has 0 radical (unpaired) electrons. The molecule has 0 bridgehead atoms. The van der Waals surface area contributed by atoms with E-state index in [0.29, 0.717) is 18.3 Å². The molecule has 2 aliphatic heterocycles. The summed E-state index contributed by atoms with van der Waals surface area (Å²) in [6.45, 7) is 5.21. The van der Waals surface area contributed by atoms with Crippen molar-refractivity contribution in [1.82, 2.24) is 20.4 Å². The van der Waals surface area contributed by atoms with Gasteiger partial charge in [-0.2, -0.15) is 4.98 Å². The van der Waals surface area contributed by atoms with Crippen LogP contribution in [0.5, 0.6) is 0 Å². The Labute approximate surface area is 187 Å². The zero-order chi connectivity index (χ0) is 22.1. The molecule has 7 nitrogen and oxygen atoms in total. The van der Waals surface area contributed by atoms with Gasteiger partial charge in [0.1, 0.15) is 0 Å². The molecule has 2 aliphatic rings. The Morgan fingerprint density at radius 3 is 2.72 bits per heavy atom. The van der Waals surface area contributed by atoms with E-state index in [1.165, 1.54) is 0 Å². The second kappa shape index (κ2) is 8.59. The van der Waals surface area contributed by atoms with Crippen molar-refractivity contribution in [2.75, 3.05) is 13.2 Å². The molecular weight excluding hydrogens is 404 g/mol. The van der Waals surface area contributed by atoms with Crippen molar-refractivity contribution in [3.05, 3.63) is 77.3 Å². The molecule has 2 aromatic carbocycles. The fraction of sp³-hybridized carbons (Fsp3) is 0.320. The number of amides is 2. The van der Waals surface area contributed by atoms with Gasteiger partial charge in [-0.05, 0) is 38.3 Å². The number of nitrogens with one attached hydrogen (secondary N) is 1. The SMILES string of the molecule is CC1=C(c2nc(-c3cccc(C)c3)no2)C(c2ccccc2)NC(=O)N1CC1CCCO1. The van der Waals surface area contributed by atoms with E-state index in [2.05, 4.69) is 10.5 Å². The molecule has 1 N–H and O–H groups in total. The average molecular weight is 431 g/mol. The van der Waals surface area contributed by atoms with E-state index in [0.717, 1.165) is 47.4 Å². The van der Waals surface area contributed by atoms with Gasteiger partial charge < -0.3 is 14.6 Å². The van der Waals surface area contributed by atoms with Gasteiger partial charge in [0, 0.05) is 17.9 Å². The molecule has 0 spiro atoms. The summed E-state index contributed by atoms with van der Waals surface area (Å²) < 4.78 is 11.5. The summed E-state index contributed by atoms with van der Waals surface area (Å²) in [5.74, 6) is 0.934. The zero-order valence-electron chi connectivity index (χ0n) is 18.2. The molecule has 1 fully saturated rings. The van der Waals surface area contributed by atoms with Crippen molar-refractivity contribution in [3.8, 4) is 11.4 Å². The Morgan fingerprint density at radius 2 is 1.97 bits per heavy atom. The van der Waals surface area contributed by atoms with E-state index < -0.39 is 0 Å². The number of aromatic nitrogens is 2. The number of rotatable bonds is 5. The van der Waals surface area contributed by atoms with Crippen LogP contribution in [0.1, 0.15) is 42.8 Å². The van der Waals surface area contributed by atoms with Crippen LogP contribution in [-0.4, -0.2) is 40.3 Å². The first-order chi connectivity index (χ1) is 15.6. The van der Waals surface area contributed by atoms with E-state index in [1.54, 1.807) is 4.90 Å². The Hall–Kier alpha value is -3.45. The number of hydrogen-bond donors (Lipinski definition) is 1. The smallest absolute Gasteiger partial charge is 0.322 e. The first-order valence-electron chi connectivity index (χ1n) is 11.0. The fourth-order valence-electron chi connectivity index (χ4n) is 4.40. The highest BCUT2D eigenvalue weighted by Crippen LogP contribution is 2.37. The molecule has 32 heavy (non-hydrogen) atoms. The molecule has 3 aromatic rings. The lowest BCUT2D eigenvalue weighted by Gasteiger charge is -2.36. The quantitative estimate of drug-likeness (QED) is 0.633. The summed E-state index contributed by atoms with van der Waals surface area (Å²) >= 11 is 0. The molecule has 5 rings (SSSR count). The first-order valence-corrected chi connectivity index (χ1v) is 11.0. The lowest BCUT2D eigenvalue weighted by Crippen LogP contribution is -2.48. The van der Waals surface area contributed by atoms with Gasteiger partial charge >= 0.3 is 6.03 Å². The van der Waals surface area contributed by atoms with Gasteiger partial charge in [0.2, 0.25) is 5.82 Å². The van der Waals surface area contributed by atoms with Crippen LogP contribution in [0, 0.1) is 6.92 Å². The van der Waals surface area contributed by atoms with Gasteiger partial charge in [0.05, 0.1) is 24.3 Å². The van der Waals surface area contributed by atoms with Gasteiger partial charge in [-0.25, -0.2) is 4.79 Å². The van der Waals surface area contributed by atoms with Gasteiger partial charge in [-0.1, -0.05) is 59.3 Å². The third-order valence-corrected chi connectivity index (χ3v) is 6.07. The number of benzene rings is 2. The summed E-state index contributed by atoms with van der Waals surface area (Å²) in [6, 6.07) is 17.3. The number of ether oxygens (including phenoxy) is 1.